The standard InChI is InChI=1S/C23H24N2O6/c1-28-16-7-8-20(29-2)19(12-16)25-23-18(22(27)24-13-17-4-3-9-30-17)10-14-5-6-15(26)11-21(14)31-23/h5-8,10-12,17,26H,3-4,9,13H2,1-2H3,(H,24,27). The largest absolute Gasteiger partial charge is 0.508 e. The van der Waals surface area contributed by atoms with Gasteiger partial charge >= 0.3 is 0 Å². The number of carbonyl (C=O) groups is 1. The molecule has 4 rings (SSSR count). The molecular formula is C23H24N2O6. The van der Waals surface area contributed by atoms with E-state index in [0.29, 0.717) is 41.3 Å². The maximum atomic E-state index is 13.0. The number of rotatable bonds is 6. The van der Waals surface area contributed by atoms with Gasteiger partial charge < -0.3 is 29.1 Å². The topological polar surface area (TPSA) is 103 Å². The molecule has 1 amide bonds. The average molecular weight is 424 g/mol. The maximum Gasteiger partial charge on any atom is 0.256 e. The van der Waals surface area contributed by atoms with E-state index in [1.165, 1.54) is 19.2 Å². The van der Waals surface area contributed by atoms with Gasteiger partial charge in [-0.25, -0.2) is 4.99 Å². The van der Waals surface area contributed by atoms with Gasteiger partial charge in [-0.1, -0.05) is 0 Å². The van der Waals surface area contributed by atoms with Gasteiger partial charge in [-0.05, 0) is 43.2 Å². The third-order valence-corrected chi connectivity index (χ3v) is 5.10. The number of nitrogens with one attached hydrogen (secondary N) is 1. The Bertz CT molecular complexity index is 1160. The summed E-state index contributed by atoms with van der Waals surface area (Å²) >= 11 is 0. The molecule has 0 bridgehead atoms. The summed E-state index contributed by atoms with van der Waals surface area (Å²) in [5.74, 6) is 0.812. The number of phenolic OH excluding ortho intramolecular Hbond substituents is 1. The van der Waals surface area contributed by atoms with Crippen LogP contribution in [0.5, 0.6) is 17.2 Å². The van der Waals surface area contributed by atoms with E-state index in [1.54, 1.807) is 37.4 Å². The molecule has 1 aliphatic rings. The zero-order valence-corrected chi connectivity index (χ0v) is 17.4. The highest BCUT2D eigenvalue weighted by Crippen LogP contribution is 2.31. The quantitative estimate of drug-likeness (QED) is 0.630. The Hall–Kier alpha value is -3.52. The molecule has 1 aliphatic heterocycles. The van der Waals surface area contributed by atoms with Crippen molar-refractivity contribution in [3.8, 4) is 17.2 Å². The lowest BCUT2D eigenvalue weighted by Gasteiger charge is -2.11. The molecule has 1 atom stereocenters. The molecule has 1 fully saturated rings. The summed E-state index contributed by atoms with van der Waals surface area (Å²) < 4.78 is 22.2. The van der Waals surface area contributed by atoms with Gasteiger partial charge in [0.1, 0.15) is 34.1 Å². The normalized spacial score (nSPS) is 16.5. The van der Waals surface area contributed by atoms with E-state index in [4.69, 9.17) is 18.6 Å². The van der Waals surface area contributed by atoms with Gasteiger partial charge in [0.2, 0.25) is 5.55 Å². The van der Waals surface area contributed by atoms with Gasteiger partial charge in [0.25, 0.3) is 5.91 Å². The van der Waals surface area contributed by atoms with Gasteiger partial charge in [0.15, 0.2) is 0 Å². The Labute approximate surface area is 179 Å². The van der Waals surface area contributed by atoms with E-state index in [9.17, 15) is 9.90 Å². The Kier molecular flexibility index (Phi) is 6.08. The number of methoxy groups -OCH3 is 2. The summed E-state index contributed by atoms with van der Waals surface area (Å²) in [5, 5.41) is 13.4. The Morgan fingerprint density at radius 1 is 1.19 bits per heavy atom. The van der Waals surface area contributed by atoms with Crippen LogP contribution in [0.3, 0.4) is 0 Å². The van der Waals surface area contributed by atoms with Crippen molar-refractivity contribution in [3.63, 3.8) is 0 Å². The second-order valence-electron chi connectivity index (χ2n) is 7.18. The van der Waals surface area contributed by atoms with Crippen molar-refractivity contribution in [2.24, 2.45) is 4.99 Å². The van der Waals surface area contributed by atoms with Gasteiger partial charge in [-0.2, -0.15) is 0 Å². The zero-order chi connectivity index (χ0) is 21.8. The molecule has 0 saturated carbocycles. The molecule has 0 aliphatic carbocycles. The lowest BCUT2D eigenvalue weighted by Crippen LogP contribution is -2.34. The van der Waals surface area contributed by atoms with Crippen LogP contribution in [0.25, 0.3) is 11.0 Å². The molecule has 31 heavy (non-hydrogen) atoms. The highest BCUT2D eigenvalue weighted by atomic mass is 16.5. The molecule has 2 aromatic carbocycles. The van der Waals surface area contributed by atoms with Crippen LogP contribution in [0, 0.1) is 0 Å². The summed E-state index contributed by atoms with van der Waals surface area (Å²) in [5.41, 5.74) is 1.20. The highest BCUT2D eigenvalue weighted by Gasteiger charge is 2.19. The van der Waals surface area contributed by atoms with Crippen LogP contribution in [0.15, 0.2) is 51.9 Å². The predicted molar refractivity (Wildman–Crippen MR) is 114 cm³/mol. The van der Waals surface area contributed by atoms with Crippen LogP contribution in [0.1, 0.15) is 23.2 Å². The molecular weight excluding hydrogens is 400 g/mol. The van der Waals surface area contributed by atoms with Gasteiger partial charge in [0, 0.05) is 30.7 Å². The van der Waals surface area contributed by atoms with E-state index >= 15 is 0 Å². The van der Waals surface area contributed by atoms with Gasteiger partial charge in [-0.15, -0.1) is 0 Å². The van der Waals surface area contributed by atoms with Crippen molar-refractivity contribution in [2.75, 3.05) is 27.4 Å². The monoisotopic (exact) mass is 424 g/mol. The van der Waals surface area contributed by atoms with Crippen molar-refractivity contribution in [1.29, 1.82) is 0 Å². The number of fused-ring (bicyclic) bond motifs is 1. The van der Waals surface area contributed by atoms with Crippen LogP contribution < -0.4 is 20.3 Å². The number of nitrogens with zero attached hydrogens (tertiary/aromatic N) is 1. The van der Waals surface area contributed by atoms with Crippen molar-refractivity contribution >= 4 is 22.6 Å². The summed E-state index contributed by atoms with van der Waals surface area (Å²) in [6.07, 6.45) is 1.92. The molecule has 2 N–H and O–H groups in total. The fourth-order valence-corrected chi connectivity index (χ4v) is 3.45. The summed E-state index contributed by atoms with van der Waals surface area (Å²) in [4.78, 5) is 17.6. The second kappa shape index (κ2) is 9.09. The average Bonchev–Trinajstić information content (AvgIpc) is 3.30. The van der Waals surface area contributed by atoms with Crippen LogP contribution in [0.2, 0.25) is 0 Å². The van der Waals surface area contributed by atoms with Gasteiger partial charge in [-0.3, -0.25) is 4.79 Å². The van der Waals surface area contributed by atoms with Crippen molar-refractivity contribution in [1.82, 2.24) is 5.32 Å². The fourth-order valence-electron chi connectivity index (χ4n) is 3.45. The Balaban J connectivity index is 1.81. The molecule has 3 aromatic rings. The minimum atomic E-state index is -0.324. The first-order valence-electron chi connectivity index (χ1n) is 10.0. The third-order valence-electron chi connectivity index (χ3n) is 5.10. The first-order valence-corrected chi connectivity index (χ1v) is 10.0. The number of benzene rings is 2. The molecule has 162 valence electrons. The molecule has 0 radical (unpaired) electrons. The molecule has 8 heteroatoms. The van der Waals surface area contributed by atoms with E-state index in [-0.39, 0.29) is 28.9 Å². The minimum absolute atomic E-state index is 0.0113. The first-order chi connectivity index (χ1) is 15.1. The number of hydrogen-bond acceptors (Lipinski definition) is 7. The van der Waals surface area contributed by atoms with Crippen molar-refractivity contribution in [3.05, 3.63) is 53.6 Å². The summed E-state index contributed by atoms with van der Waals surface area (Å²) in [6.45, 7) is 1.12. The highest BCUT2D eigenvalue weighted by molar-refractivity contribution is 5.96. The molecule has 1 aromatic heterocycles. The minimum Gasteiger partial charge on any atom is -0.508 e. The third kappa shape index (κ3) is 4.64. The lowest BCUT2D eigenvalue weighted by molar-refractivity contribution is 0.0854. The van der Waals surface area contributed by atoms with E-state index in [1.807, 2.05) is 0 Å². The smallest absolute Gasteiger partial charge is 0.256 e. The number of ether oxygens (including phenoxy) is 3. The first kappa shape index (κ1) is 20.7. The molecule has 1 saturated heterocycles. The number of phenols is 1. The number of aromatic hydroxyl groups is 1. The van der Waals surface area contributed by atoms with Crippen molar-refractivity contribution in [2.45, 2.75) is 18.9 Å². The van der Waals surface area contributed by atoms with E-state index < -0.39 is 0 Å². The molecule has 2 heterocycles. The van der Waals surface area contributed by atoms with Crippen LogP contribution in [0.4, 0.5) is 5.69 Å². The van der Waals surface area contributed by atoms with Crippen LogP contribution in [-0.2, 0) is 4.74 Å². The molecule has 0 spiro atoms. The maximum absolute atomic E-state index is 13.0. The Morgan fingerprint density at radius 2 is 2.06 bits per heavy atom. The van der Waals surface area contributed by atoms with E-state index in [0.717, 1.165) is 12.8 Å². The lowest BCUT2D eigenvalue weighted by atomic mass is 10.1. The van der Waals surface area contributed by atoms with Gasteiger partial charge in [0.05, 0.1) is 20.3 Å². The number of carbonyl (C=O) groups excluding carboxylic acids is 1. The van der Waals surface area contributed by atoms with E-state index in [2.05, 4.69) is 10.3 Å². The molecule has 1 unspecified atom stereocenters. The number of amides is 1. The summed E-state index contributed by atoms with van der Waals surface area (Å²) in [6, 6.07) is 11.5. The number of hydrogen-bond donors (Lipinski definition) is 2. The van der Waals surface area contributed by atoms with Crippen LogP contribution in [-0.4, -0.2) is 44.5 Å². The second-order valence-corrected chi connectivity index (χ2v) is 7.18. The SMILES string of the molecule is COc1ccc(OC)c(N=c2oc3cc(O)ccc3cc2C(=O)NCC2CCCO2)c1. The summed E-state index contributed by atoms with van der Waals surface area (Å²) in [7, 11) is 3.09. The predicted octanol–water partition coefficient (Wildman–Crippen LogP) is 3.30. The molecule has 8 nitrogen and oxygen atoms in total. The van der Waals surface area contributed by atoms with Crippen LogP contribution >= 0.6 is 0 Å². The zero-order valence-electron chi connectivity index (χ0n) is 17.4. The van der Waals surface area contributed by atoms with Crippen molar-refractivity contribution < 1.29 is 28.5 Å². The fraction of sp³-hybridized carbons (Fsp3) is 0.304. The Morgan fingerprint density at radius 3 is 2.81 bits per heavy atom.